The Bertz CT molecular complexity index is 1540. The molecule has 9 heteroatoms. The van der Waals surface area contributed by atoms with Gasteiger partial charge in [-0.05, 0) is 64.7 Å². The monoisotopic (exact) mass is 592 g/mol. The van der Waals surface area contributed by atoms with Gasteiger partial charge in [0.15, 0.2) is 11.5 Å². The van der Waals surface area contributed by atoms with Crippen molar-refractivity contribution >= 4 is 54.6 Å². The second-order valence-electron chi connectivity index (χ2n) is 8.37. The summed E-state index contributed by atoms with van der Waals surface area (Å²) in [6, 6.07) is 18.4. The van der Waals surface area contributed by atoms with Crippen LogP contribution in [0.5, 0.6) is 0 Å². The lowest BCUT2D eigenvalue weighted by molar-refractivity contribution is -0.116. The van der Waals surface area contributed by atoms with Gasteiger partial charge < -0.3 is 5.32 Å². The number of hydrogen-bond acceptors (Lipinski definition) is 4. The van der Waals surface area contributed by atoms with Crippen molar-refractivity contribution in [3.05, 3.63) is 92.8 Å². The lowest BCUT2D eigenvalue weighted by atomic mass is 10.0. The quantitative estimate of drug-likeness (QED) is 0.257. The van der Waals surface area contributed by atoms with Crippen LogP contribution in [0.3, 0.4) is 0 Å². The molecule has 2 aromatic carbocycles. The number of halogens is 2. The first-order valence-corrected chi connectivity index (χ1v) is 12.6. The number of carbonyl (C=O) groups excluding carboxylic acids is 1. The van der Waals surface area contributed by atoms with Crippen LogP contribution in [0.15, 0.2) is 75.9 Å². The lowest BCUT2D eigenvalue weighted by Crippen LogP contribution is -2.20. The second kappa shape index (κ2) is 9.75. The largest absolute Gasteiger partial charge is 0.307 e. The van der Waals surface area contributed by atoms with Crippen LogP contribution in [-0.4, -0.2) is 30.5 Å². The minimum Gasteiger partial charge on any atom is -0.307 e. The van der Waals surface area contributed by atoms with E-state index >= 15 is 0 Å². The molecular formula is C26H22Br2N6O. The van der Waals surface area contributed by atoms with Crippen molar-refractivity contribution in [2.24, 2.45) is 0 Å². The highest BCUT2D eigenvalue weighted by molar-refractivity contribution is 9.10. The number of nitrogens with zero attached hydrogens (tertiary/aromatic N) is 5. The molecule has 35 heavy (non-hydrogen) atoms. The number of pyridine rings is 1. The number of aromatic nitrogens is 5. The summed E-state index contributed by atoms with van der Waals surface area (Å²) in [5.41, 5.74) is 5.95. The van der Waals surface area contributed by atoms with Crippen LogP contribution in [0.2, 0.25) is 0 Å². The maximum absolute atomic E-state index is 12.9. The van der Waals surface area contributed by atoms with Gasteiger partial charge >= 0.3 is 0 Å². The Morgan fingerprint density at radius 3 is 2.60 bits per heavy atom. The molecule has 7 nitrogen and oxygen atoms in total. The Labute approximate surface area is 219 Å². The summed E-state index contributed by atoms with van der Waals surface area (Å²) in [6.45, 7) is 4.63. The highest BCUT2D eigenvalue weighted by atomic mass is 79.9. The van der Waals surface area contributed by atoms with Crippen LogP contribution in [0, 0.1) is 13.8 Å². The minimum atomic E-state index is -0.230. The fourth-order valence-electron chi connectivity index (χ4n) is 4.09. The van der Waals surface area contributed by atoms with Gasteiger partial charge in [0.05, 0.1) is 16.7 Å². The number of carbonyl (C=O) groups is 1. The van der Waals surface area contributed by atoms with E-state index in [1.807, 2.05) is 49.5 Å². The summed E-state index contributed by atoms with van der Waals surface area (Å²) in [5.74, 6) is 0.237. The molecule has 0 aliphatic rings. The molecule has 0 spiro atoms. The van der Waals surface area contributed by atoms with E-state index in [1.54, 1.807) is 15.6 Å². The third-order valence-corrected chi connectivity index (χ3v) is 6.77. The van der Waals surface area contributed by atoms with Crippen molar-refractivity contribution in [2.45, 2.75) is 26.9 Å². The molecule has 0 saturated heterocycles. The molecule has 0 unspecified atom stereocenters. The third-order valence-electron chi connectivity index (χ3n) is 5.66. The highest BCUT2D eigenvalue weighted by Gasteiger charge is 2.17. The molecule has 0 aliphatic heterocycles. The zero-order valence-corrected chi connectivity index (χ0v) is 22.3. The van der Waals surface area contributed by atoms with E-state index in [9.17, 15) is 4.79 Å². The van der Waals surface area contributed by atoms with Gasteiger partial charge in [-0.3, -0.25) is 9.48 Å². The fourth-order valence-corrected chi connectivity index (χ4v) is 4.77. The minimum absolute atomic E-state index is 0.0284. The zero-order valence-electron chi connectivity index (χ0n) is 19.2. The predicted octanol–water partition coefficient (Wildman–Crippen LogP) is 6.12. The van der Waals surface area contributed by atoms with Crippen LogP contribution in [0.1, 0.15) is 16.8 Å². The zero-order chi connectivity index (χ0) is 24.5. The predicted molar refractivity (Wildman–Crippen MR) is 144 cm³/mol. The summed E-state index contributed by atoms with van der Waals surface area (Å²) in [6.07, 6.45) is 3.61. The first-order valence-electron chi connectivity index (χ1n) is 11.0. The van der Waals surface area contributed by atoms with Crippen molar-refractivity contribution in [1.29, 1.82) is 0 Å². The van der Waals surface area contributed by atoms with Crippen molar-refractivity contribution in [1.82, 2.24) is 24.5 Å². The van der Waals surface area contributed by atoms with Crippen LogP contribution in [0.25, 0.3) is 22.2 Å². The number of hydrogen-bond donors (Lipinski definition) is 1. The van der Waals surface area contributed by atoms with E-state index in [1.165, 1.54) is 5.56 Å². The molecular weight excluding hydrogens is 572 g/mol. The van der Waals surface area contributed by atoms with Gasteiger partial charge in [0.2, 0.25) is 5.91 Å². The molecule has 5 aromatic rings. The average Bonchev–Trinajstić information content (AvgIpc) is 3.33. The van der Waals surface area contributed by atoms with E-state index in [0.29, 0.717) is 22.5 Å². The summed E-state index contributed by atoms with van der Waals surface area (Å²) >= 11 is 6.95. The normalized spacial score (nSPS) is 11.2. The summed E-state index contributed by atoms with van der Waals surface area (Å²) in [4.78, 5) is 17.5. The number of nitrogens with one attached hydrogen (secondary N) is 1. The molecule has 0 bridgehead atoms. The summed E-state index contributed by atoms with van der Waals surface area (Å²) < 4.78 is 5.17. The van der Waals surface area contributed by atoms with Gasteiger partial charge in [-0.1, -0.05) is 57.9 Å². The van der Waals surface area contributed by atoms with E-state index in [2.05, 4.69) is 77.5 Å². The first-order chi connectivity index (χ1) is 16.9. The molecule has 5 rings (SSSR count). The summed E-state index contributed by atoms with van der Waals surface area (Å²) in [5, 5.41) is 13.0. The van der Waals surface area contributed by atoms with E-state index in [4.69, 9.17) is 0 Å². The number of amides is 1. The second-order valence-corrected chi connectivity index (χ2v) is 10.1. The van der Waals surface area contributed by atoms with Crippen molar-refractivity contribution in [3.63, 3.8) is 0 Å². The molecule has 0 radical (unpaired) electrons. The molecule has 1 amide bonds. The fraction of sp³-hybridized carbons (Fsp3) is 0.154. The standard InChI is InChI=1S/C26H22Br2N6O/c1-16-4-3-5-19(12-16)21-10-11-29-26-24(21)17(2)31-34(26)15-23(35)30-25-22(28)14-33(32-25)13-18-6-8-20(27)9-7-18/h3-12,14H,13,15H2,1-2H3,(H,30,32,35). The van der Waals surface area contributed by atoms with Gasteiger partial charge in [0, 0.05) is 22.3 Å². The van der Waals surface area contributed by atoms with Crippen LogP contribution >= 0.6 is 31.9 Å². The van der Waals surface area contributed by atoms with Crippen LogP contribution < -0.4 is 5.32 Å². The van der Waals surface area contributed by atoms with Crippen molar-refractivity contribution < 1.29 is 4.79 Å². The highest BCUT2D eigenvalue weighted by Crippen LogP contribution is 2.30. The number of benzene rings is 2. The van der Waals surface area contributed by atoms with Crippen LogP contribution in [-0.2, 0) is 17.9 Å². The SMILES string of the molecule is Cc1cccc(-c2ccnc3c2c(C)nn3CC(=O)Nc2nn(Cc3ccc(Br)cc3)cc2Br)c1. The maximum Gasteiger partial charge on any atom is 0.247 e. The Morgan fingerprint density at radius 2 is 1.83 bits per heavy atom. The van der Waals surface area contributed by atoms with E-state index in [0.717, 1.165) is 32.2 Å². The number of fused-ring (bicyclic) bond motifs is 1. The molecule has 0 fully saturated rings. The van der Waals surface area contributed by atoms with E-state index < -0.39 is 0 Å². The van der Waals surface area contributed by atoms with Gasteiger partial charge in [-0.15, -0.1) is 0 Å². The van der Waals surface area contributed by atoms with E-state index in [-0.39, 0.29) is 12.5 Å². The summed E-state index contributed by atoms with van der Waals surface area (Å²) in [7, 11) is 0. The van der Waals surface area contributed by atoms with Gasteiger partial charge in [-0.2, -0.15) is 10.2 Å². The molecule has 1 N–H and O–H groups in total. The Morgan fingerprint density at radius 1 is 1.03 bits per heavy atom. The van der Waals surface area contributed by atoms with Crippen molar-refractivity contribution in [2.75, 3.05) is 5.32 Å². The maximum atomic E-state index is 12.9. The Balaban J connectivity index is 1.36. The Hall–Kier alpha value is -3.30. The Kier molecular flexibility index (Phi) is 6.53. The van der Waals surface area contributed by atoms with Crippen LogP contribution in [0.4, 0.5) is 5.82 Å². The lowest BCUT2D eigenvalue weighted by Gasteiger charge is -2.07. The van der Waals surface area contributed by atoms with Crippen molar-refractivity contribution in [3.8, 4) is 11.1 Å². The number of rotatable bonds is 6. The molecule has 176 valence electrons. The third kappa shape index (κ3) is 5.06. The molecule has 0 aliphatic carbocycles. The smallest absolute Gasteiger partial charge is 0.247 e. The van der Waals surface area contributed by atoms with Gasteiger partial charge in [-0.25, -0.2) is 9.67 Å². The average molecular weight is 594 g/mol. The molecule has 3 heterocycles. The first kappa shape index (κ1) is 23.4. The molecule has 3 aromatic heterocycles. The molecule has 0 saturated carbocycles. The van der Waals surface area contributed by atoms with Gasteiger partial charge in [0.1, 0.15) is 6.54 Å². The molecule has 0 atom stereocenters. The number of aryl methyl sites for hydroxylation is 2. The van der Waals surface area contributed by atoms with Gasteiger partial charge in [0.25, 0.3) is 0 Å². The number of anilines is 1. The topological polar surface area (TPSA) is 77.6 Å².